The number of nitrogens with two attached hydrogens (primary N) is 1. The van der Waals surface area contributed by atoms with E-state index in [1.165, 1.54) is 44.9 Å². The highest BCUT2D eigenvalue weighted by atomic mass is 16.1. The van der Waals surface area contributed by atoms with E-state index in [1.807, 2.05) is 6.92 Å². The molecule has 4 heteroatoms. The van der Waals surface area contributed by atoms with Crippen LogP contribution in [0.3, 0.4) is 0 Å². The van der Waals surface area contributed by atoms with Crippen LogP contribution in [-0.4, -0.2) is 42.5 Å². The molecule has 20 heavy (non-hydrogen) atoms. The lowest BCUT2D eigenvalue weighted by atomic mass is 9.88. The average Bonchev–Trinajstić information content (AvgIpc) is 3.21. The molecule has 2 rings (SSSR count). The van der Waals surface area contributed by atoms with Gasteiger partial charge in [0.05, 0.1) is 5.54 Å². The Kier molecular flexibility index (Phi) is 5.44. The van der Waals surface area contributed by atoms with E-state index in [0.717, 1.165) is 25.4 Å². The topological polar surface area (TPSA) is 58.4 Å². The van der Waals surface area contributed by atoms with Crippen molar-refractivity contribution in [2.45, 2.75) is 69.9 Å². The first-order valence-electron chi connectivity index (χ1n) is 8.26. The number of hydrogen-bond acceptors (Lipinski definition) is 3. The first kappa shape index (κ1) is 15.8. The van der Waals surface area contributed by atoms with Crippen LogP contribution in [0.4, 0.5) is 0 Å². The summed E-state index contributed by atoms with van der Waals surface area (Å²) in [5.41, 5.74) is 5.06. The molecule has 0 spiro atoms. The molecule has 0 saturated heterocycles. The quantitative estimate of drug-likeness (QED) is 0.714. The van der Waals surface area contributed by atoms with Gasteiger partial charge in [-0.25, -0.2) is 0 Å². The minimum atomic E-state index is -0.540. The van der Waals surface area contributed by atoms with E-state index in [4.69, 9.17) is 5.73 Å². The highest BCUT2D eigenvalue weighted by Gasteiger charge is 2.36. The van der Waals surface area contributed by atoms with Crippen LogP contribution in [0, 0.1) is 5.92 Å². The second kappa shape index (κ2) is 6.90. The smallest absolute Gasteiger partial charge is 0.237 e. The minimum Gasteiger partial charge on any atom is -0.368 e. The van der Waals surface area contributed by atoms with E-state index in [0.29, 0.717) is 6.04 Å². The number of carbonyl (C=O) groups is 1. The van der Waals surface area contributed by atoms with Crippen LogP contribution in [0.5, 0.6) is 0 Å². The van der Waals surface area contributed by atoms with Gasteiger partial charge in [0.1, 0.15) is 0 Å². The molecule has 0 aromatic rings. The van der Waals surface area contributed by atoms with E-state index in [9.17, 15) is 4.79 Å². The molecular weight excluding hydrogens is 250 g/mol. The lowest BCUT2D eigenvalue weighted by molar-refractivity contribution is -0.124. The Morgan fingerprint density at radius 3 is 2.45 bits per heavy atom. The zero-order chi connectivity index (χ0) is 14.6. The molecule has 0 aromatic carbocycles. The summed E-state index contributed by atoms with van der Waals surface area (Å²) in [6, 6.07) is 0.510. The van der Waals surface area contributed by atoms with Gasteiger partial charge in [0.15, 0.2) is 0 Å². The van der Waals surface area contributed by atoms with Gasteiger partial charge in [-0.1, -0.05) is 19.3 Å². The molecule has 116 valence electrons. The highest BCUT2D eigenvalue weighted by Crippen LogP contribution is 2.26. The fourth-order valence-electron chi connectivity index (χ4n) is 3.26. The molecule has 0 aliphatic heterocycles. The third-order valence-electron chi connectivity index (χ3n) is 4.93. The summed E-state index contributed by atoms with van der Waals surface area (Å²) < 4.78 is 0. The van der Waals surface area contributed by atoms with E-state index in [1.54, 1.807) is 0 Å². The van der Waals surface area contributed by atoms with Gasteiger partial charge in [-0.2, -0.15) is 0 Å². The maximum Gasteiger partial charge on any atom is 0.237 e. The monoisotopic (exact) mass is 281 g/mol. The lowest BCUT2D eigenvalue weighted by Gasteiger charge is -2.32. The van der Waals surface area contributed by atoms with Crippen LogP contribution >= 0.6 is 0 Å². The van der Waals surface area contributed by atoms with Gasteiger partial charge >= 0.3 is 0 Å². The summed E-state index contributed by atoms with van der Waals surface area (Å²) in [7, 11) is 2.17. The van der Waals surface area contributed by atoms with Crippen LogP contribution in [0.1, 0.15) is 58.3 Å². The zero-order valence-corrected chi connectivity index (χ0v) is 13.2. The molecule has 2 aliphatic carbocycles. The van der Waals surface area contributed by atoms with Crippen LogP contribution < -0.4 is 11.1 Å². The highest BCUT2D eigenvalue weighted by molar-refractivity contribution is 5.84. The minimum absolute atomic E-state index is 0.213. The summed E-state index contributed by atoms with van der Waals surface area (Å²) in [6.45, 7) is 4.07. The molecule has 1 unspecified atom stereocenters. The Balaban J connectivity index is 1.74. The van der Waals surface area contributed by atoms with E-state index < -0.39 is 5.54 Å². The van der Waals surface area contributed by atoms with Crippen molar-refractivity contribution < 1.29 is 4.79 Å². The fraction of sp³-hybridized carbons (Fsp3) is 0.938. The third kappa shape index (κ3) is 4.74. The van der Waals surface area contributed by atoms with Gasteiger partial charge in [-0.15, -0.1) is 0 Å². The van der Waals surface area contributed by atoms with Crippen LogP contribution in [0.15, 0.2) is 0 Å². The Labute approximate surface area is 123 Å². The SMILES string of the molecule is CN(CCC(C)(NC1CC1)C(N)=O)CC1CCCCC1. The van der Waals surface area contributed by atoms with Crippen LogP contribution in [-0.2, 0) is 4.79 Å². The number of primary amides is 1. The number of nitrogens with zero attached hydrogens (tertiary/aromatic N) is 1. The van der Waals surface area contributed by atoms with Crippen molar-refractivity contribution in [3.63, 3.8) is 0 Å². The summed E-state index contributed by atoms with van der Waals surface area (Å²) in [5, 5.41) is 3.42. The summed E-state index contributed by atoms with van der Waals surface area (Å²) in [6.07, 6.45) is 10.1. The van der Waals surface area contributed by atoms with Crippen LogP contribution in [0.2, 0.25) is 0 Å². The third-order valence-corrected chi connectivity index (χ3v) is 4.93. The summed E-state index contributed by atoms with van der Waals surface area (Å²) in [5.74, 6) is 0.639. The number of amides is 1. The Bertz CT molecular complexity index is 324. The van der Waals surface area contributed by atoms with E-state index in [-0.39, 0.29) is 5.91 Å². The second-order valence-corrected chi connectivity index (χ2v) is 7.13. The fourth-order valence-corrected chi connectivity index (χ4v) is 3.26. The molecule has 1 atom stereocenters. The molecule has 2 aliphatic rings. The van der Waals surface area contributed by atoms with Crippen molar-refractivity contribution in [1.82, 2.24) is 10.2 Å². The first-order chi connectivity index (χ1) is 9.49. The maximum atomic E-state index is 11.7. The number of nitrogens with one attached hydrogen (secondary N) is 1. The predicted octanol–water partition coefficient (Wildman–Crippen LogP) is 1.88. The predicted molar refractivity (Wildman–Crippen MR) is 82.4 cm³/mol. The van der Waals surface area contributed by atoms with Gasteiger partial charge in [-0.3, -0.25) is 4.79 Å². The standard InChI is InChI=1S/C16H31N3O/c1-16(15(17)20,18-14-8-9-14)10-11-19(2)12-13-6-4-3-5-7-13/h13-14,18H,3-12H2,1-2H3,(H2,17,20). The molecule has 4 nitrogen and oxygen atoms in total. The largest absolute Gasteiger partial charge is 0.368 e. The van der Waals surface area contributed by atoms with Crippen molar-refractivity contribution in [3.8, 4) is 0 Å². The van der Waals surface area contributed by atoms with Crippen molar-refractivity contribution in [1.29, 1.82) is 0 Å². The van der Waals surface area contributed by atoms with Crippen LogP contribution in [0.25, 0.3) is 0 Å². The molecule has 0 aromatic heterocycles. The Morgan fingerprint density at radius 1 is 1.25 bits per heavy atom. The van der Waals surface area contributed by atoms with Crippen molar-refractivity contribution in [3.05, 3.63) is 0 Å². The van der Waals surface area contributed by atoms with Gasteiger partial charge in [0.2, 0.25) is 5.91 Å². The van der Waals surface area contributed by atoms with Gasteiger partial charge < -0.3 is 16.0 Å². The number of hydrogen-bond donors (Lipinski definition) is 2. The van der Waals surface area contributed by atoms with E-state index in [2.05, 4.69) is 17.3 Å². The van der Waals surface area contributed by atoms with Gasteiger partial charge in [0.25, 0.3) is 0 Å². The molecule has 0 bridgehead atoms. The molecule has 1 amide bonds. The zero-order valence-electron chi connectivity index (χ0n) is 13.2. The molecule has 3 N–H and O–H groups in total. The summed E-state index contributed by atoms with van der Waals surface area (Å²) in [4.78, 5) is 14.1. The normalized spacial score (nSPS) is 23.8. The molecule has 0 radical (unpaired) electrons. The average molecular weight is 281 g/mol. The molecule has 2 fully saturated rings. The Hall–Kier alpha value is -0.610. The first-order valence-corrected chi connectivity index (χ1v) is 8.26. The summed E-state index contributed by atoms with van der Waals surface area (Å²) >= 11 is 0. The van der Waals surface area contributed by atoms with Gasteiger partial charge in [0, 0.05) is 19.1 Å². The van der Waals surface area contributed by atoms with E-state index >= 15 is 0 Å². The number of carbonyl (C=O) groups excluding carboxylic acids is 1. The molecule has 2 saturated carbocycles. The van der Waals surface area contributed by atoms with Crippen molar-refractivity contribution in [2.75, 3.05) is 20.1 Å². The second-order valence-electron chi connectivity index (χ2n) is 7.13. The van der Waals surface area contributed by atoms with Gasteiger partial charge in [-0.05, 0) is 52.0 Å². The maximum absolute atomic E-state index is 11.7. The number of rotatable bonds is 8. The Morgan fingerprint density at radius 2 is 1.90 bits per heavy atom. The lowest BCUT2D eigenvalue weighted by Crippen LogP contribution is -2.55. The molecule has 0 heterocycles. The van der Waals surface area contributed by atoms with Crippen molar-refractivity contribution >= 4 is 5.91 Å². The van der Waals surface area contributed by atoms with Crippen molar-refractivity contribution in [2.24, 2.45) is 11.7 Å². The molecular formula is C16H31N3O.